The highest BCUT2D eigenvalue weighted by Crippen LogP contribution is 2.41. The largest absolute Gasteiger partial charge is 0.480 e. The molecule has 2 aliphatic rings. The van der Waals surface area contributed by atoms with Crippen LogP contribution in [0.15, 0.2) is 12.1 Å². The molecule has 9 heteroatoms. The topological polar surface area (TPSA) is 113 Å². The molecule has 1 aliphatic heterocycles. The summed E-state index contributed by atoms with van der Waals surface area (Å²) in [6.07, 6.45) is 6.28. The second-order valence-corrected chi connectivity index (χ2v) is 10.6. The van der Waals surface area contributed by atoms with Gasteiger partial charge in [-0.1, -0.05) is 19.9 Å². The van der Waals surface area contributed by atoms with E-state index in [4.69, 9.17) is 14.5 Å². The van der Waals surface area contributed by atoms with Crippen molar-refractivity contribution in [1.82, 2.24) is 15.2 Å². The van der Waals surface area contributed by atoms with Crippen LogP contribution < -0.4 is 10.6 Å². The van der Waals surface area contributed by atoms with Gasteiger partial charge in [-0.2, -0.15) is 0 Å². The fraction of sp³-hybridized carbons (Fsp3) is 0.731. The Balaban J connectivity index is 1.40. The molecular formula is C26H42N4O5. The van der Waals surface area contributed by atoms with Gasteiger partial charge in [0.2, 0.25) is 0 Å². The first-order valence-electron chi connectivity index (χ1n) is 12.9. The maximum Gasteiger partial charge on any atom is 0.408 e. The highest BCUT2D eigenvalue weighted by Gasteiger charge is 2.39. The molecule has 1 aromatic rings. The number of hydrogen-bond acceptors (Lipinski definition) is 7. The van der Waals surface area contributed by atoms with Crippen LogP contribution in [0, 0.1) is 5.41 Å². The summed E-state index contributed by atoms with van der Waals surface area (Å²) < 4.78 is 10.6. The number of fused-ring (bicyclic) bond motifs is 1. The lowest BCUT2D eigenvalue weighted by Gasteiger charge is -2.41. The van der Waals surface area contributed by atoms with Crippen LogP contribution >= 0.6 is 0 Å². The number of nitrogens with one attached hydrogen (secondary N) is 2. The number of aromatic nitrogens is 1. The molecule has 1 unspecified atom stereocenters. The van der Waals surface area contributed by atoms with E-state index in [1.807, 2.05) is 0 Å². The van der Waals surface area contributed by atoms with Gasteiger partial charge in [0.25, 0.3) is 0 Å². The molecule has 2 heterocycles. The number of ether oxygens (including phenoxy) is 2. The number of alkyl carbamates (subject to hydrolysis) is 1. The van der Waals surface area contributed by atoms with E-state index in [1.54, 1.807) is 7.11 Å². The van der Waals surface area contributed by atoms with E-state index >= 15 is 0 Å². The van der Waals surface area contributed by atoms with Crippen molar-refractivity contribution in [2.24, 2.45) is 5.41 Å². The number of carboxylic acid groups (broad SMARTS) is 1. The van der Waals surface area contributed by atoms with Crippen molar-refractivity contribution < 1.29 is 24.2 Å². The van der Waals surface area contributed by atoms with Crippen LogP contribution in [0.1, 0.15) is 63.6 Å². The third-order valence-corrected chi connectivity index (χ3v) is 6.88. The normalized spacial score (nSPS) is 17.7. The van der Waals surface area contributed by atoms with E-state index in [9.17, 15) is 14.7 Å². The van der Waals surface area contributed by atoms with Crippen molar-refractivity contribution in [1.29, 1.82) is 0 Å². The van der Waals surface area contributed by atoms with Gasteiger partial charge in [0.05, 0.1) is 6.61 Å². The lowest BCUT2D eigenvalue weighted by molar-refractivity contribution is -0.139. The zero-order valence-electron chi connectivity index (χ0n) is 21.5. The number of carbonyl (C=O) groups excluding carboxylic acids is 1. The molecule has 1 aliphatic carbocycles. The minimum absolute atomic E-state index is 0.127. The number of nitrogens with zero attached hydrogens (tertiary/aromatic N) is 2. The van der Waals surface area contributed by atoms with Crippen molar-refractivity contribution in [3.63, 3.8) is 0 Å². The number of aliphatic carboxylic acids is 1. The van der Waals surface area contributed by atoms with Crippen LogP contribution in [0.2, 0.25) is 0 Å². The van der Waals surface area contributed by atoms with Gasteiger partial charge in [-0.25, -0.2) is 14.6 Å². The van der Waals surface area contributed by atoms with Crippen LogP contribution in [0.25, 0.3) is 0 Å². The summed E-state index contributed by atoms with van der Waals surface area (Å²) in [7, 11) is 1.66. The van der Waals surface area contributed by atoms with Gasteiger partial charge < -0.3 is 30.1 Å². The van der Waals surface area contributed by atoms with Crippen LogP contribution in [-0.4, -0.2) is 79.1 Å². The lowest BCUT2D eigenvalue weighted by atomic mass is 9.70. The maximum atomic E-state index is 12.2. The fourth-order valence-electron chi connectivity index (χ4n) is 4.86. The molecule has 1 atom stereocenters. The molecule has 0 radical (unpaired) electrons. The van der Waals surface area contributed by atoms with Crippen LogP contribution in [0.3, 0.4) is 0 Å². The van der Waals surface area contributed by atoms with E-state index in [2.05, 4.69) is 41.5 Å². The average molecular weight is 491 g/mol. The minimum atomic E-state index is -1.05. The van der Waals surface area contributed by atoms with Gasteiger partial charge in [-0.05, 0) is 75.0 Å². The molecule has 0 spiro atoms. The summed E-state index contributed by atoms with van der Waals surface area (Å²) in [5, 5.41) is 15.5. The second-order valence-electron chi connectivity index (χ2n) is 10.6. The van der Waals surface area contributed by atoms with Gasteiger partial charge in [0.1, 0.15) is 18.0 Å². The van der Waals surface area contributed by atoms with Gasteiger partial charge in [-0.3, -0.25) is 0 Å². The standard InChI is InChI=1S/C26H42N4O5/c1-26(2)17-21(18-26)35-25(33)29-22(24(31)32)11-14-30(15-16-34-3)13-5-4-8-20-10-9-19-7-6-12-27-23(19)28-20/h9-10,21-22H,4-8,11-18H2,1-3H3,(H,27,28)(H,29,33)(H,31,32). The Hall–Kier alpha value is -2.39. The number of amides is 1. The zero-order chi connectivity index (χ0) is 25.3. The third-order valence-electron chi connectivity index (χ3n) is 6.88. The Morgan fingerprint density at radius 3 is 2.77 bits per heavy atom. The summed E-state index contributed by atoms with van der Waals surface area (Å²) in [4.78, 5) is 30.9. The number of pyridine rings is 1. The molecule has 0 aromatic carbocycles. The summed E-state index contributed by atoms with van der Waals surface area (Å²) in [5.41, 5.74) is 2.59. The second kappa shape index (κ2) is 13.1. The molecule has 9 nitrogen and oxygen atoms in total. The van der Waals surface area contributed by atoms with Crippen LogP contribution in [0.5, 0.6) is 0 Å². The molecule has 0 bridgehead atoms. The Morgan fingerprint density at radius 2 is 2.06 bits per heavy atom. The number of anilines is 1. The first kappa shape index (κ1) is 27.2. The smallest absolute Gasteiger partial charge is 0.408 e. The summed E-state index contributed by atoms with van der Waals surface area (Å²) in [6.45, 7) is 7.91. The van der Waals surface area contributed by atoms with Gasteiger partial charge in [0.15, 0.2) is 0 Å². The number of unbranched alkanes of at least 4 members (excludes halogenated alkanes) is 1. The zero-order valence-corrected chi connectivity index (χ0v) is 21.5. The van der Waals surface area contributed by atoms with E-state index in [0.29, 0.717) is 26.1 Å². The number of hydrogen-bond donors (Lipinski definition) is 3. The monoisotopic (exact) mass is 490 g/mol. The highest BCUT2D eigenvalue weighted by molar-refractivity contribution is 5.79. The Bertz CT molecular complexity index is 839. The molecule has 1 aromatic heterocycles. The van der Waals surface area contributed by atoms with E-state index < -0.39 is 18.1 Å². The summed E-state index contributed by atoms with van der Waals surface area (Å²) >= 11 is 0. The van der Waals surface area contributed by atoms with Crippen molar-refractivity contribution in [3.8, 4) is 0 Å². The van der Waals surface area contributed by atoms with Gasteiger partial charge in [-0.15, -0.1) is 0 Å². The van der Waals surface area contributed by atoms with E-state index in [-0.39, 0.29) is 11.5 Å². The third kappa shape index (κ3) is 8.96. The highest BCUT2D eigenvalue weighted by atomic mass is 16.6. The van der Waals surface area contributed by atoms with Crippen LogP contribution in [-0.2, 0) is 27.1 Å². The predicted molar refractivity (Wildman–Crippen MR) is 135 cm³/mol. The Kier molecular flexibility index (Phi) is 10.2. The lowest BCUT2D eigenvalue weighted by Crippen LogP contribution is -2.47. The Labute approximate surface area is 209 Å². The number of methoxy groups -OCH3 is 1. The molecule has 196 valence electrons. The minimum Gasteiger partial charge on any atom is -0.480 e. The average Bonchev–Trinajstić information content (AvgIpc) is 2.80. The first-order valence-corrected chi connectivity index (χ1v) is 12.9. The summed E-state index contributed by atoms with van der Waals surface area (Å²) in [6, 6.07) is 3.33. The summed E-state index contributed by atoms with van der Waals surface area (Å²) in [5.74, 6) is -0.0168. The van der Waals surface area contributed by atoms with Gasteiger partial charge in [0, 0.05) is 32.4 Å². The number of carbonyl (C=O) groups is 2. The van der Waals surface area contributed by atoms with E-state index in [1.165, 1.54) is 5.56 Å². The first-order chi connectivity index (χ1) is 16.8. The molecule has 1 fully saturated rings. The molecular weight excluding hydrogens is 448 g/mol. The SMILES string of the molecule is COCCN(CCCCc1ccc2c(n1)NCCC2)CCC(NC(=O)OC1CC(C)(C)C1)C(=O)O. The van der Waals surface area contributed by atoms with Crippen LogP contribution in [0.4, 0.5) is 10.6 Å². The molecule has 35 heavy (non-hydrogen) atoms. The Morgan fingerprint density at radius 1 is 1.26 bits per heavy atom. The van der Waals surface area contributed by atoms with E-state index in [0.717, 1.165) is 69.5 Å². The fourth-order valence-corrected chi connectivity index (χ4v) is 4.86. The van der Waals surface area contributed by atoms with Crippen molar-refractivity contribution in [2.75, 3.05) is 45.2 Å². The van der Waals surface area contributed by atoms with Gasteiger partial charge >= 0.3 is 12.1 Å². The molecule has 3 rings (SSSR count). The van der Waals surface area contributed by atoms with Crippen molar-refractivity contribution in [3.05, 3.63) is 23.4 Å². The molecule has 1 saturated carbocycles. The predicted octanol–water partition coefficient (Wildman–Crippen LogP) is 3.47. The molecule has 3 N–H and O–H groups in total. The van der Waals surface area contributed by atoms with Crippen molar-refractivity contribution >= 4 is 17.9 Å². The molecule has 0 saturated heterocycles. The quantitative estimate of drug-likeness (QED) is 0.340. The number of aryl methyl sites for hydroxylation is 2. The number of carboxylic acids is 1. The number of rotatable bonds is 14. The molecule has 1 amide bonds. The van der Waals surface area contributed by atoms with Crippen molar-refractivity contribution in [2.45, 2.75) is 77.4 Å². The maximum absolute atomic E-state index is 12.2.